The molecule has 6 aromatic rings. The van der Waals surface area contributed by atoms with Crippen molar-refractivity contribution in [1.29, 1.82) is 0 Å². The van der Waals surface area contributed by atoms with E-state index in [0.29, 0.717) is 30.3 Å². The molecule has 7 rings (SSSR count). The van der Waals surface area contributed by atoms with Crippen LogP contribution in [0.15, 0.2) is 73.3 Å². The Morgan fingerprint density at radius 3 is 2.71 bits per heavy atom. The molecule has 0 saturated carbocycles. The summed E-state index contributed by atoms with van der Waals surface area (Å²) in [5, 5.41) is 8.54. The van der Waals surface area contributed by atoms with E-state index in [2.05, 4.69) is 30.1 Å². The van der Waals surface area contributed by atoms with E-state index >= 15 is 0 Å². The van der Waals surface area contributed by atoms with Gasteiger partial charge in [0.15, 0.2) is 5.82 Å². The Bertz CT molecular complexity index is 1780. The highest BCUT2D eigenvalue weighted by Gasteiger charge is 2.37. The van der Waals surface area contributed by atoms with Gasteiger partial charge in [-0.1, -0.05) is 12.1 Å². The summed E-state index contributed by atoms with van der Waals surface area (Å²) >= 11 is 0. The second-order valence-electron chi connectivity index (χ2n) is 9.59. The van der Waals surface area contributed by atoms with E-state index in [1.807, 2.05) is 48.5 Å². The molecule has 1 fully saturated rings. The SMILES string of the molecule is FC1(F)CCN(Cc2cncc(-c3ccc4[nH]nc(-c5nc6c(-c7ccccn7)nccc6[nH]5)c4c3)c2)C1. The number of rotatable bonds is 5. The topological polar surface area (TPSA) is 99.3 Å². The molecule has 1 aliphatic rings. The molecular formula is C28H22F2N8. The van der Waals surface area contributed by atoms with Crippen molar-refractivity contribution in [3.05, 3.63) is 78.9 Å². The summed E-state index contributed by atoms with van der Waals surface area (Å²) in [4.78, 5) is 23.3. The summed E-state index contributed by atoms with van der Waals surface area (Å²) in [6, 6.07) is 15.6. The highest BCUT2D eigenvalue weighted by molar-refractivity contribution is 5.97. The zero-order valence-electron chi connectivity index (χ0n) is 20.2. The van der Waals surface area contributed by atoms with Crippen molar-refractivity contribution < 1.29 is 8.78 Å². The smallest absolute Gasteiger partial charge is 0.261 e. The quantitative estimate of drug-likeness (QED) is 0.321. The van der Waals surface area contributed by atoms with Crippen molar-refractivity contribution >= 4 is 21.9 Å². The molecule has 0 radical (unpaired) electrons. The van der Waals surface area contributed by atoms with Gasteiger partial charge in [0, 0.05) is 55.2 Å². The molecule has 1 aromatic carbocycles. The Morgan fingerprint density at radius 1 is 0.921 bits per heavy atom. The van der Waals surface area contributed by atoms with Gasteiger partial charge in [-0.2, -0.15) is 5.10 Å². The molecule has 188 valence electrons. The molecule has 0 amide bonds. The zero-order chi connectivity index (χ0) is 25.7. The lowest BCUT2D eigenvalue weighted by atomic mass is 10.0. The number of alkyl halides is 2. The van der Waals surface area contributed by atoms with Crippen molar-refractivity contribution in [3.8, 4) is 34.0 Å². The first kappa shape index (κ1) is 22.6. The molecule has 0 atom stereocenters. The Kier molecular flexibility index (Phi) is 5.22. The zero-order valence-corrected chi connectivity index (χ0v) is 20.2. The van der Waals surface area contributed by atoms with Crippen LogP contribution in [0.3, 0.4) is 0 Å². The van der Waals surface area contributed by atoms with Crippen LogP contribution >= 0.6 is 0 Å². The van der Waals surface area contributed by atoms with Crippen LogP contribution in [0.1, 0.15) is 12.0 Å². The Hall–Kier alpha value is -4.57. The molecular weight excluding hydrogens is 486 g/mol. The third-order valence-corrected chi connectivity index (χ3v) is 6.88. The van der Waals surface area contributed by atoms with Crippen molar-refractivity contribution in [3.63, 3.8) is 0 Å². The van der Waals surface area contributed by atoms with Gasteiger partial charge in [-0.15, -0.1) is 0 Å². The van der Waals surface area contributed by atoms with Crippen LogP contribution in [0.25, 0.3) is 56.0 Å². The van der Waals surface area contributed by atoms with Crippen LogP contribution in [0, 0.1) is 0 Å². The first-order valence-corrected chi connectivity index (χ1v) is 12.3. The molecule has 1 saturated heterocycles. The van der Waals surface area contributed by atoms with Gasteiger partial charge in [0.2, 0.25) is 0 Å². The predicted molar refractivity (Wildman–Crippen MR) is 140 cm³/mol. The molecule has 0 aliphatic carbocycles. The van der Waals surface area contributed by atoms with Gasteiger partial charge in [-0.05, 0) is 47.5 Å². The maximum absolute atomic E-state index is 13.6. The number of aromatic amines is 2. The predicted octanol–water partition coefficient (Wildman–Crippen LogP) is 5.47. The number of hydrogen-bond acceptors (Lipinski definition) is 6. The molecule has 6 heterocycles. The van der Waals surface area contributed by atoms with Crippen LogP contribution in [0.5, 0.6) is 0 Å². The Balaban J connectivity index is 1.24. The van der Waals surface area contributed by atoms with E-state index in [4.69, 9.17) is 4.98 Å². The third kappa shape index (κ3) is 4.08. The average molecular weight is 509 g/mol. The monoisotopic (exact) mass is 508 g/mol. The number of nitrogens with zero attached hydrogens (tertiary/aromatic N) is 6. The number of imidazole rings is 1. The van der Waals surface area contributed by atoms with Gasteiger partial charge >= 0.3 is 0 Å². The van der Waals surface area contributed by atoms with E-state index in [0.717, 1.165) is 44.3 Å². The summed E-state index contributed by atoms with van der Waals surface area (Å²) in [7, 11) is 0. The van der Waals surface area contributed by atoms with Crippen molar-refractivity contribution in [2.75, 3.05) is 13.1 Å². The average Bonchev–Trinajstić information content (AvgIpc) is 3.64. The lowest BCUT2D eigenvalue weighted by Gasteiger charge is -2.15. The van der Waals surface area contributed by atoms with E-state index in [1.165, 1.54) is 0 Å². The van der Waals surface area contributed by atoms with E-state index in [1.54, 1.807) is 29.7 Å². The van der Waals surface area contributed by atoms with Crippen molar-refractivity contribution in [2.24, 2.45) is 0 Å². The summed E-state index contributed by atoms with van der Waals surface area (Å²) in [5.74, 6) is -1.99. The number of fused-ring (bicyclic) bond motifs is 2. The minimum atomic E-state index is -2.61. The van der Waals surface area contributed by atoms with Crippen LogP contribution in [-0.2, 0) is 6.54 Å². The minimum absolute atomic E-state index is 0.0960. The summed E-state index contributed by atoms with van der Waals surface area (Å²) in [6.45, 7) is 0.620. The van der Waals surface area contributed by atoms with Crippen molar-refractivity contribution in [2.45, 2.75) is 18.9 Å². The van der Waals surface area contributed by atoms with E-state index < -0.39 is 5.92 Å². The number of hydrogen-bond donors (Lipinski definition) is 2. The lowest BCUT2D eigenvalue weighted by Crippen LogP contribution is -2.24. The summed E-state index contributed by atoms with van der Waals surface area (Å²) < 4.78 is 27.3. The second kappa shape index (κ2) is 8.77. The third-order valence-electron chi connectivity index (χ3n) is 6.88. The van der Waals surface area contributed by atoms with Gasteiger partial charge in [-0.3, -0.25) is 25.0 Å². The normalized spacial score (nSPS) is 15.5. The summed E-state index contributed by atoms with van der Waals surface area (Å²) in [5.41, 5.74) is 7.33. The minimum Gasteiger partial charge on any atom is -0.336 e. The van der Waals surface area contributed by atoms with Gasteiger partial charge in [0.1, 0.15) is 16.9 Å². The van der Waals surface area contributed by atoms with Crippen LogP contribution in [0.4, 0.5) is 8.78 Å². The fraction of sp³-hybridized carbons (Fsp3) is 0.179. The van der Waals surface area contributed by atoms with Gasteiger partial charge in [0.05, 0.1) is 23.3 Å². The maximum Gasteiger partial charge on any atom is 0.261 e. The molecule has 10 heteroatoms. The second-order valence-corrected chi connectivity index (χ2v) is 9.59. The van der Waals surface area contributed by atoms with Crippen LogP contribution in [0.2, 0.25) is 0 Å². The van der Waals surface area contributed by atoms with Crippen LogP contribution in [-0.4, -0.2) is 59.0 Å². The first-order chi connectivity index (χ1) is 18.5. The lowest BCUT2D eigenvalue weighted by molar-refractivity contribution is 0.0115. The fourth-order valence-corrected chi connectivity index (χ4v) is 5.04. The van der Waals surface area contributed by atoms with Gasteiger partial charge < -0.3 is 4.98 Å². The fourth-order valence-electron chi connectivity index (χ4n) is 5.04. The Labute approximate surface area is 215 Å². The molecule has 38 heavy (non-hydrogen) atoms. The summed E-state index contributed by atoms with van der Waals surface area (Å²) in [6.07, 6.45) is 6.90. The molecule has 2 N–H and O–H groups in total. The number of aromatic nitrogens is 7. The Morgan fingerprint density at radius 2 is 1.87 bits per heavy atom. The highest BCUT2D eigenvalue weighted by atomic mass is 19.3. The number of likely N-dealkylation sites (tertiary alicyclic amines) is 1. The van der Waals surface area contributed by atoms with Crippen molar-refractivity contribution in [1.82, 2.24) is 40.0 Å². The largest absolute Gasteiger partial charge is 0.336 e. The standard InChI is InChI=1S/C28H22F2N8/c29-28(30)7-10-38(16-28)15-17-11-19(14-31-13-17)18-4-5-21-20(12-18)24(37-36-21)27-34-23-6-9-33-25(26(23)35-27)22-3-1-2-8-32-22/h1-6,8-9,11-14H,7,10,15-16H2,(H,34,35)(H,36,37). The molecule has 0 bridgehead atoms. The maximum atomic E-state index is 13.6. The van der Waals surface area contributed by atoms with Crippen LogP contribution < -0.4 is 0 Å². The highest BCUT2D eigenvalue weighted by Crippen LogP contribution is 2.33. The molecule has 8 nitrogen and oxygen atoms in total. The number of benzene rings is 1. The molecule has 0 unspecified atom stereocenters. The number of halogens is 2. The number of pyridine rings is 3. The first-order valence-electron chi connectivity index (χ1n) is 12.3. The van der Waals surface area contributed by atoms with Gasteiger partial charge in [0.25, 0.3) is 5.92 Å². The molecule has 1 aliphatic heterocycles. The van der Waals surface area contributed by atoms with E-state index in [9.17, 15) is 8.78 Å². The molecule has 5 aromatic heterocycles. The molecule has 0 spiro atoms. The number of nitrogens with one attached hydrogen (secondary N) is 2. The number of H-pyrrole nitrogens is 2. The van der Waals surface area contributed by atoms with Gasteiger partial charge in [-0.25, -0.2) is 13.8 Å². The van der Waals surface area contributed by atoms with E-state index in [-0.39, 0.29) is 13.0 Å².